The fourth-order valence-corrected chi connectivity index (χ4v) is 3.08. The van der Waals surface area contributed by atoms with Gasteiger partial charge in [0.1, 0.15) is 0 Å². The Hall–Kier alpha value is -2.05. The van der Waals surface area contributed by atoms with E-state index in [0.717, 1.165) is 16.3 Å². The zero-order valence-electron chi connectivity index (χ0n) is 11.9. The molecule has 0 fully saturated rings. The zero-order valence-corrected chi connectivity index (χ0v) is 13.5. The summed E-state index contributed by atoms with van der Waals surface area (Å²) in [5.74, 6) is 0.276. The third-order valence-electron chi connectivity index (χ3n) is 2.67. The van der Waals surface area contributed by atoms with Crippen molar-refractivity contribution in [2.45, 2.75) is 4.90 Å². The van der Waals surface area contributed by atoms with Crippen LogP contribution in [-0.4, -0.2) is 24.1 Å². The molecule has 1 aromatic carbocycles. The highest BCUT2D eigenvalue weighted by molar-refractivity contribution is 7.99. The standard InChI is InChI=1S/C16H16N2O2S2/c1-2-9-21-13-7-4-3-6-12(13)18-15(19)11-17-16(20)14-8-5-10-22-14/h2-8,10H,1,9,11H2,(H,17,20)(H,18,19). The van der Waals surface area contributed by atoms with E-state index in [-0.39, 0.29) is 18.4 Å². The second-order valence-corrected chi connectivity index (χ2v) is 6.31. The maximum atomic E-state index is 12.0. The Morgan fingerprint density at radius 1 is 1.23 bits per heavy atom. The minimum Gasteiger partial charge on any atom is -0.342 e. The summed E-state index contributed by atoms with van der Waals surface area (Å²) < 4.78 is 0. The van der Waals surface area contributed by atoms with Crippen LogP contribution < -0.4 is 10.6 Å². The van der Waals surface area contributed by atoms with Crippen molar-refractivity contribution in [2.24, 2.45) is 0 Å². The van der Waals surface area contributed by atoms with Gasteiger partial charge < -0.3 is 10.6 Å². The first-order chi connectivity index (χ1) is 10.7. The second kappa shape index (κ2) is 8.41. The molecule has 2 amide bonds. The van der Waals surface area contributed by atoms with Crippen LogP contribution in [0.15, 0.2) is 59.3 Å². The lowest BCUT2D eigenvalue weighted by Crippen LogP contribution is -2.32. The van der Waals surface area contributed by atoms with Crippen LogP contribution in [0.3, 0.4) is 0 Å². The van der Waals surface area contributed by atoms with Gasteiger partial charge in [-0.1, -0.05) is 24.3 Å². The minimum absolute atomic E-state index is 0.0583. The molecule has 2 aromatic rings. The van der Waals surface area contributed by atoms with E-state index in [1.807, 2.05) is 35.7 Å². The van der Waals surface area contributed by atoms with Crippen LogP contribution >= 0.6 is 23.1 Å². The topological polar surface area (TPSA) is 58.2 Å². The molecule has 0 saturated carbocycles. The van der Waals surface area contributed by atoms with E-state index in [9.17, 15) is 9.59 Å². The number of thioether (sulfide) groups is 1. The van der Waals surface area contributed by atoms with Crippen molar-refractivity contribution < 1.29 is 9.59 Å². The molecule has 22 heavy (non-hydrogen) atoms. The SMILES string of the molecule is C=CCSc1ccccc1NC(=O)CNC(=O)c1cccs1. The third-order valence-corrected chi connectivity index (χ3v) is 4.61. The van der Waals surface area contributed by atoms with Gasteiger partial charge in [-0.3, -0.25) is 9.59 Å². The molecule has 0 atom stereocenters. The average Bonchev–Trinajstić information content (AvgIpc) is 3.06. The Morgan fingerprint density at radius 3 is 2.77 bits per heavy atom. The number of thiophene rings is 1. The highest BCUT2D eigenvalue weighted by Gasteiger charge is 2.10. The number of carbonyl (C=O) groups excluding carboxylic acids is 2. The highest BCUT2D eigenvalue weighted by atomic mass is 32.2. The monoisotopic (exact) mass is 332 g/mol. The van der Waals surface area contributed by atoms with Crippen molar-refractivity contribution in [3.8, 4) is 0 Å². The zero-order chi connectivity index (χ0) is 15.8. The lowest BCUT2D eigenvalue weighted by atomic mass is 10.3. The smallest absolute Gasteiger partial charge is 0.261 e. The number of anilines is 1. The van der Waals surface area contributed by atoms with Gasteiger partial charge in [0, 0.05) is 10.6 Å². The normalized spacial score (nSPS) is 10.0. The maximum absolute atomic E-state index is 12.0. The van der Waals surface area contributed by atoms with Crippen LogP contribution in [0.1, 0.15) is 9.67 Å². The molecule has 4 nitrogen and oxygen atoms in total. The fourth-order valence-electron chi connectivity index (χ4n) is 1.69. The highest BCUT2D eigenvalue weighted by Crippen LogP contribution is 2.26. The van der Waals surface area contributed by atoms with Crippen LogP contribution in [0.4, 0.5) is 5.69 Å². The lowest BCUT2D eigenvalue weighted by Gasteiger charge is -2.10. The molecular formula is C16H16N2O2S2. The summed E-state index contributed by atoms with van der Waals surface area (Å²) in [4.78, 5) is 25.3. The van der Waals surface area contributed by atoms with Crippen LogP contribution in [0, 0.1) is 0 Å². The first-order valence-corrected chi connectivity index (χ1v) is 8.51. The van der Waals surface area contributed by atoms with Crippen LogP contribution in [0.2, 0.25) is 0 Å². The fraction of sp³-hybridized carbons (Fsp3) is 0.125. The molecule has 0 radical (unpaired) electrons. The summed E-state index contributed by atoms with van der Waals surface area (Å²) in [7, 11) is 0. The molecule has 0 aliphatic carbocycles. The number of rotatable bonds is 7. The summed E-state index contributed by atoms with van der Waals surface area (Å²) >= 11 is 2.93. The van der Waals surface area contributed by atoms with Crippen molar-refractivity contribution in [1.82, 2.24) is 5.32 Å². The third kappa shape index (κ3) is 4.75. The lowest BCUT2D eigenvalue weighted by molar-refractivity contribution is -0.115. The molecule has 0 aliphatic rings. The van der Waals surface area contributed by atoms with E-state index in [2.05, 4.69) is 17.2 Å². The predicted molar refractivity (Wildman–Crippen MR) is 92.6 cm³/mol. The van der Waals surface area contributed by atoms with Crippen molar-refractivity contribution in [2.75, 3.05) is 17.6 Å². The van der Waals surface area contributed by atoms with Gasteiger partial charge >= 0.3 is 0 Å². The van der Waals surface area contributed by atoms with Gasteiger partial charge in [0.15, 0.2) is 0 Å². The van der Waals surface area contributed by atoms with Crippen molar-refractivity contribution in [1.29, 1.82) is 0 Å². The molecule has 0 unspecified atom stereocenters. The Kier molecular flexibility index (Phi) is 6.24. The van der Waals surface area contributed by atoms with E-state index >= 15 is 0 Å². The molecule has 114 valence electrons. The number of benzene rings is 1. The largest absolute Gasteiger partial charge is 0.342 e. The summed E-state index contributed by atoms with van der Waals surface area (Å²) in [6.45, 7) is 3.63. The summed E-state index contributed by atoms with van der Waals surface area (Å²) in [5, 5.41) is 7.24. The summed E-state index contributed by atoms with van der Waals surface area (Å²) in [5.41, 5.74) is 0.740. The van der Waals surface area contributed by atoms with Gasteiger partial charge in [0.2, 0.25) is 5.91 Å². The van der Waals surface area contributed by atoms with Gasteiger partial charge in [0.05, 0.1) is 17.1 Å². The molecule has 1 aromatic heterocycles. The first kappa shape index (κ1) is 16.3. The molecule has 6 heteroatoms. The molecule has 1 heterocycles. The quantitative estimate of drug-likeness (QED) is 0.603. The van der Waals surface area contributed by atoms with Gasteiger partial charge in [-0.15, -0.1) is 29.7 Å². The Balaban J connectivity index is 1.89. The maximum Gasteiger partial charge on any atom is 0.261 e. The Bertz CT molecular complexity index is 654. The minimum atomic E-state index is -0.253. The molecule has 0 bridgehead atoms. The Labute approximate surface area is 137 Å². The van der Waals surface area contributed by atoms with Gasteiger partial charge in [0.25, 0.3) is 5.91 Å². The van der Waals surface area contributed by atoms with E-state index in [0.29, 0.717) is 4.88 Å². The van der Waals surface area contributed by atoms with Crippen molar-refractivity contribution in [3.63, 3.8) is 0 Å². The van der Waals surface area contributed by atoms with Crippen LogP contribution in [-0.2, 0) is 4.79 Å². The van der Waals surface area contributed by atoms with Crippen LogP contribution in [0.5, 0.6) is 0 Å². The van der Waals surface area contributed by atoms with E-state index in [1.54, 1.807) is 23.9 Å². The first-order valence-electron chi connectivity index (χ1n) is 6.65. The van der Waals surface area contributed by atoms with Crippen LogP contribution in [0.25, 0.3) is 0 Å². The molecule has 2 N–H and O–H groups in total. The number of amides is 2. The van der Waals surface area contributed by atoms with Crippen molar-refractivity contribution in [3.05, 3.63) is 59.3 Å². The van der Waals surface area contributed by atoms with Crippen molar-refractivity contribution >= 4 is 40.6 Å². The summed E-state index contributed by atoms with van der Waals surface area (Å²) in [6.07, 6.45) is 1.81. The molecule has 0 spiro atoms. The van der Waals surface area contributed by atoms with E-state index in [1.165, 1.54) is 11.3 Å². The van der Waals surface area contributed by atoms with Gasteiger partial charge in [-0.25, -0.2) is 0 Å². The number of hydrogen-bond acceptors (Lipinski definition) is 4. The van der Waals surface area contributed by atoms with E-state index < -0.39 is 0 Å². The summed E-state index contributed by atoms with van der Waals surface area (Å²) in [6, 6.07) is 11.1. The number of nitrogens with one attached hydrogen (secondary N) is 2. The molecule has 0 saturated heterocycles. The van der Waals surface area contributed by atoms with Gasteiger partial charge in [-0.2, -0.15) is 0 Å². The Morgan fingerprint density at radius 2 is 2.05 bits per heavy atom. The number of para-hydroxylation sites is 1. The predicted octanol–water partition coefficient (Wildman–Crippen LogP) is 3.39. The molecule has 0 aliphatic heterocycles. The number of hydrogen-bond donors (Lipinski definition) is 2. The molecular weight excluding hydrogens is 316 g/mol. The second-order valence-electron chi connectivity index (χ2n) is 4.30. The number of carbonyl (C=O) groups is 2. The van der Waals surface area contributed by atoms with E-state index in [4.69, 9.17) is 0 Å². The van der Waals surface area contributed by atoms with Gasteiger partial charge in [-0.05, 0) is 23.6 Å². The average molecular weight is 332 g/mol. The molecule has 2 rings (SSSR count).